The van der Waals surface area contributed by atoms with Crippen LogP contribution < -0.4 is 4.74 Å². The van der Waals surface area contributed by atoms with E-state index >= 15 is 0 Å². The highest BCUT2D eigenvalue weighted by Crippen LogP contribution is 2.25. The van der Waals surface area contributed by atoms with Crippen LogP contribution in [0.4, 0.5) is 0 Å². The normalized spacial score (nSPS) is 10.3. The van der Waals surface area contributed by atoms with Crippen molar-refractivity contribution in [3.05, 3.63) is 54.8 Å². The second kappa shape index (κ2) is 4.30. The monoisotopic (exact) mass is 195 g/mol. The van der Waals surface area contributed by atoms with Gasteiger partial charge < -0.3 is 4.74 Å². The van der Waals surface area contributed by atoms with Crippen molar-refractivity contribution < 1.29 is 4.74 Å². The average molecular weight is 195 g/mol. The summed E-state index contributed by atoms with van der Waals surface area (Å²) in [5.41, 5.74) is 0. The van der Waals surface area contributed by atoms with E-state index in [1.807, 2.05) is 48.5 Å². The number of hydrogen-bond donors (Lipinski definition) is 0. The van der Waals surface area contributed by atoms with Crippen LogP contribution in [0.2, 0.25) is 0 Å². The van der Waals surface area contributed by atoms with Gasteiger partial charge in [-0.2, -0.15) is 5.26 Å². The van der Waals surface area contributed by atoms with E-state index in [0.29, 0.717) is 0 Å². The van der Waals surface area contributed by atoms with E-state index in [0.717, 1.165) is 16.5 Å². The zero-order chi connectivity index (χ0) is 10.5. The van der Waals surface area contributed by atoms with E-state index < -0.39 is 0 Å². The van der Waals surface area contributed by atoms with Crippen molar-refractivity contribution >= 4 is 10.8 Å². The van der Waals surface area contributed by atoms with Gasteiger partial charge in [-0.15, -0.1) is 0 Å². The maximum absolute atomic E-state index is 8.34. The summed E-state index contributed by atoms with van der Waals surface area (Å²) in [6.45, 7) is 0. The standard InChI is InChI=1S/C13H9NO/c14-9-4-10-15-13-8-3-6-11-5-1-2-7-12(11)13/h1-8,10H/b10-4-. The Morgan fingerprint density at radius 2 is 1.87 bits per heavy atom. The summed E-state index contributed by atoms with van der Waals surface area (Å²) in [5, 5.41) is 10.5. The lowest BCUT2D eigenvalue weighted by atomic mass is 10.1. The van der Waals surface area contributed by atoms with Gasteiger partial charge in [0.2, 0.25) is 0 Å². The fourth-order valence-corrected chi connectivity index (χ4v) is 1.44. The molecule has 2 aromatic rings. The molecule has 0 amide bonds. The molecule has 2 nitrogen and oxygen atoms in total. The van der Waals surface area contributed by atoms with Gasteiger partial charge in [0.25, 0.3) is 0 Å². The minimum atomic E-state index is 0.764. The molecule has 0 radical (unpaired) electrons. The second-order valence-corrected chi connectivity index (χ2v) is 3.03. The highest BCUT2D eigenvalue weighted by Gasteiger charge is 1.98. The lowest BCUT2D eigenvalue weighted by Gasteiger charge is -2.04. The third-order valence-corrected chi connectivity index (χ3v) is 2.09. The fourth-order valence-electron chi connectivity index (χ4n) is 1.44. The van der Waals surface area contributed by atoms with Gasteiger partial charge in [-0.25, -0.2) is 0 Å². The summed E-state index contributed by atoms with van der Waals surface area (Å²) in [6, 6.07) is 15.7. The van der Waals surface area contributed by atoms with Crippen LogP contribution >= 0.6 is 0 Å². The van der Waals surface area contributed by atoms with Crippen LogP contribution in [-0.2, 0) is 0 Å². The van der Waals surface area contributed by atoms with Gasteiger partial charge in [-0.3, -0.25) is 0 Å². The average Bonchev–Trinajstić information content (AvgIpc) is 2.30. The van der Waals surface area contributed by atoms with E-state index in [4.69, 9.17) is 10.00 Å². The minimum absolute atomic E-state index is 0.764. The Balaban J connectivity index is 2.43. The largest absolute Gasteiger partial charge is 0.464 e. The van der Waals surface area contributed by atoms with Crippen LogP contribution in [0.25, 0.3) is 10.8 Å². The van der Waals surface area contributed by atoms with E-state index in [-0.39, 0.29) is 0 Å². The summed E-state index contributed by atoms with van der Waals surface area (Å²) >= 11 is 0. The van der Waals surface area contributed by atoms with Crippen LogP contribution in [0.3, 0.4) is 0 Å². The van der Waals surface area contributed by atoms with Crippen molar-refractivity contribution in [2.45, 2.75) is 0 Å². The third kappa shape index (κ3) is 1.97. The first-order valence-corrected chi connectivity index (χ1v) is 4.61. The van der Waals surface area contributed by atoms with Crippen LogP contribution in [0.5, 0.6) is 5.75 Å². The molecule has 0 saturated carbocycles. The SMILES string of the molecule is N#C/C=C\Oc1cccc2ccccc12. The van der Waals surface area contributed by atoms with Gasteiger partial charge in [0, 0.05) is 5.39 Å². The van der Waals surface area contributed by atoms with Crippen molar-refractivity contribution in [2.24, 2.45) is 0 Å². The van der Waals surface area contributed by atoms with Crippen molar-refractivity contribution in [1.82, 2.24) is 0 Å². The van der Waals surface area contributed by atoms with Gasteiger partial charge in [0.1, 0.15) is 12.0 Å². The number of hydrogen-bond acceptors (Lipinski definition) is 2. The smallest absolute Gasteiger partial charge is 0.134 e. The Morgan fingerprint density at radius 3 is 2.73 bits per heavy atom. The molecule has 0 atom stereocenters. The first-order chi connectivity index (χ1) is 7.42. The van der Waals surface area contributed by atoms with E-state index in [2.05, 4.69) is 0 Å². The molecule has 0 aliphatic heterocycles. The van der Waals surface area contributed by atoms with Crippen LogP contribution in [-0.4, -0.2) is 0 Å². The predicted molar refractivity (Wildman–Crippen MR) is 59.3 cm³/mol. The van der Waals surface area contributed by atoms with Crippen molar-refractivity contribution in [3.63, 3.8) is 0 Å². The summed E-state index contributed by atoms with van der Waals surface area (Å²) in [4.78, 5) is 0. The molecule has 15 heavy (non-hydrogen) atoms. The minimum Gasteiger partial charge on any atom is -0.464 e. The van der Waals surface area contributed by atoms with Gasteiger partial charge in [-0.05, 0) is 11.5 Å². The molecule has 2 heteroatoms. The summed E-state index contributed by atoms with van der Waals surface area (Å²) in [6.07, 6.45) is 2.70. The lowest BCUT2D eigenvalue weighted by Crippen LogP contribution is -1.83. The first-order valence-electron chi connectivity index (χ1n) is 4.61. The number of benzene rings is 2. The maximum atomic E-state index is 8.34. The molecule has 0 heterocycles. The predicted octanol–water partition coefficient (Wildman–Crippen LogP) is 3.26. The van der Waals surface area contributed by atoms with E-state index in [1.54, 1.807) is 0 Å². The van der Waals surface area contributed by atoms with E-state index in [9.17, 15) is 0 Å². The number of rotatable bonds is 2. The number of nitrogens with zero attached hydrogens (tertiary/aromatic N) is 1. The highest BCUT2D eigenvalue weighted by atomic mass is 16.5. The molecule has 2 rings (SSSR count). The molecule has 72 valence electrons. The molecular weight excluding hydrogens is 186 g/mol. The molecule has 0 bridgehead atoms. The Labute approximate surface area is 88.0 Å². The zero-order valence-electron chi connectivity index (χ0n) is 8.05. The Morgan fingerprint density at radius 1 is 1.07 bits per heavy atom. The fraction of sp³-hybridized carbons (Fsp3) is 0. The summed E-state index contributed by atoms with van der Waals surface area (Å²) < 4.78 is 5.36. The topological polar surface area (TPSA) is 33.0 Å². The molecule has 0 unspecified atom stereocenters. The molecule has 0 spiro atoms. The highest BCUT2D eigenvalue weighted by molar-refractivity contribution is 5.88. The van der Waals surface area contributed by atoms with Gasteiger partial charge in [0.15, 0.2) is 0 Å². The first kappa shape index (κ1) is 9.29. The number of ether oxygens (including phenoxy) is 1. The lowest BCUT2D eigenvalue weighted by molar-refractivity contribution is 0.487. The van der Waals surface area contributed by atoms with Gasteiger partial charge in [0.05, 0.1) is 12.1 Å². The molecule has 0 aliphatic rings. The molecule has 0 aliphatic carbocycles. The van der Waals surface area contributed by atoms with Crippen LogP contribution in [0.1, 0.15) is 0 Å². The Hall–Kier alpha value is -2.27. The van der Waals surface area contributed by atoms with E-state index in [1.165, 1.54) is 12.3 Å². The Bertz CT molecular complexity index is 532. The molecule has 0 N–H and O–H groups in total. The molecule has 0 fully saturated rings. The summed E-state index contributed by atoms with van der Waals surface area (Å²) in [7, 11) is 0. The van der Waals surface area contributed by atoms with Crippen molar-refractivity contribution in [1.29, 1.82) is 5.26 Å². The number of fused-ring (bicyclic) bond motifs is 1. The van der Waals surface area contributed by atoms with Crippen LogP contribution in [0, 0.1) is 11.3 Å². The number of allylic oxidation sites excluding steroid dienone is 1. The number of nitriles is 1. The molecular formula is C13H9NO. The molecule has 0 saturated heterocycles. The quantitative estimate of drug-likeness (QED) is 0.544. The molecule has 2 aromatic carbocycles. The van der Waals surface area contributed by atoms with Crippen molar-refractivity contribution in [2.75, 3.05) is 0 Å². The zero-order valence-corrected chi connectivity index (χ0v) is 8.05. The Kier molecular flexibility index (Phi) is 2.66. The maximum Gasteiger partial charge on any atom is 0.134 e. The molecule has 0 aromatic heterocycles. The van der Waals surface area contributed by atoms with Gasteiger partial charge >= 0.3 is 0 Å². The van der Waals surface area contributed by atoms with Crippen LogP contribution in [0.15, 0.2) is 54.8 Å². The summed E-state index contributed by atoms with van der Waals surface area (Å²) in [5.74, 6) is 0.764. The second-order valence-electron chi connectivity index (χ2n) is 3.03. The van der Waals surface area contributed by atoms with Crippen molar-refractivity contribution in [3.8, 4) is 11.8 Å². The third-order valence-electron chi connectivity index (χ3n) is 2.09. The van der Waals surface area contributed by atoms with Gasteiger partial charge in [-0.1, -0.05) is 36.4 Å².